The van der Waals surface area contributed by atoms with Gasteiger partial charge >= 0.3 is 0 Å². The van der Waals surface area contributed by atoms with Gasteiger partial charge in [-0.25, -0.2) is 15.0 Å². The van der Waals surface area contributed by atoms with Gasteiger partial charge in [0, 0.05) is 36.8 Å². The van der Waals surface area contributed by atoms with Gasteiger partial charge in [-0.1, -0.05) is 0 Å². The third kappa shape index (κ3) is 3.01. The van der Waals surface area contributed by atoms with Crippen LogP contribution in [0.1, 0.15) is 5.82 Å². The van der Waals surface area contributed by atoms with Gasteiger partial charge in [0.2, 0.25) is 0 Å². The highest BCUT2D eigenvalue weighted by atomic mass is 32.2. The highest BCUT2D eigenvalue weighted by Crippen LogP contribution is 2.25. The smallest absolute Gasteiger partial charge is 0.170 e. The summed E-state index contributed by atoms with van der Waals surface area (Å²) in [6.07, 6.45) is 1.70. The van der Waals surface area contributed by atoms with E-state index in [4.69, 9.17) is 0 Å². The van der Waals surface area contributed by atoms with Crippen molar-refractivity contribution in [2.45, 2.75) is 11.8 Å². The van der Waals surface area contributed by atoms with Crippen molar-refractivity contribution in [2.75, 3.05) is 31.1 Å². The van der Waals surface area contributed by atoms with Crippen LogP contribution in [0.4, 0.5) is 5.82 Å². The summed E-state index contributed by atoms with van der Waals surface area (Å²) in [4.78, 5) is 16.1. The minimum absolute atomic E-state index is 0.250. The summed E-state index contributed by atoms with van der Waals surface area (Å²) in [6, 6.07) is 6.62. The van der Waals surface area contributed by atoms with Crippen LogP contribution in [0, 0.1) is 6.92 Å². The van der Waals surface area contributed by atoms with E-state index in [2.05, 4.69) is 25.2 Å². The van der Waals surface area contributed by atoms with Gasteiger partial charge in [0.1, 0.15) is 12.2 Å². The van der Waals surface area contributed by atoms with Crippen molar-refractivity contribution in [1.82, 2.24) is 24.8 Å². The molecule has 0 spiro atoms. The third-order valence-electron chi connectivity index (χ3n) is 4.21. The summed E-state index contributed by atoms with van der Waals surface area (Å²) in [5.74, 6) is 1.53. The van der Waals surface area contributed by atoms with E-state index in [9.17, 15) is 8.76 Å². The van der Waals surface area contributed by atoms with Crippen LogP contribution in [0.25, 0.3) is 16.9 Å². The molecular formula is C16H17N6O2S-. The minimum atomic E-state index is -2.23. The number of aryl methyl sites for hydroxylation is 1. The number of hydrogen-bond acceptors (Lipinski definition) is 7. The van der Waals surface area contributed by atoms with Crippen molar-refractivity contribution < 1.29 is 8.76 Å². The number of nitrogens with one attached hydrogen (secondary N) is 1. The molecule has 0 amide bonds. The van der Waals surface area contributed by atoms with E-state index < -0.39 is 11.1 Å². The van der Waals surface area contributed by atoms with Crippen molar-refractivity contribution in [3.63, 3.8) is 0 Å². The molecule has 1 atom stereocenters. The average molecular weight is 357 g/mol. The van der Waals surface area contributed by atoms with Crippen LogP contribution in [0.5, 0.6) is 0 Å². The van der Waals surface area contributed by atoms with Crippen molar-refractivity contribution in [3.8, 4) is 5.69 Å². The first-order valence-corrected chi connectivity index (χ1v) is 9.08. The zero-order valence-electron chi connectivity index (χ0n) is 13.7. The maximum atomic E-state index is 11.0. The summed E-state index contributed by atoms with van der Waals surface area (Å²) < 4.78 is 23.9. The number of anilines is 1. The Morgan fingerprint density at radius 2 is 1.88 bits per heavy atom. The maximum absolute atomic E-state index is 11.0. The molecule has 4 rings (SSSR count). The minimum Gasteiger partial charge on any atom is -0.768 e. The Morgan fingerprint density at radius 3 is 2.56 bits per heavy atom. The van der Waals surface area contributed by atoms with E-state index in [1.807, 2.05) is 11.5 Å². The zero-order chi connectivity index (χ0) is 17.4. The van der Waals surface area contributed by atoms with Crippen LogP contribution < -0.4 is 10.2 Å². The number of rotatable bonds is 3. The summed E-state index contributed by atoms with van der Waals surface area (Å²) >= 11 is -2.23. The van der Waals surface area contributed by atoms with Crippen molar-refractivity contribution in [3.05, 3.63) is 36.4 Å². The predicted molar refractivity (Wildman–Crippen MR) is 93.7 cm³/mol. The molecule has 0 radical (unpaired) electrons. The lowest BCUT2D eigenvalue weighted by molar-refractivity contribution is 0.537. The Labute approximate surface area is 147 Å². The van der Waals surface area contributed by atoms with E-state index in [-0.39, 0.29) is 4.90 Å². The molecule has 1 aromatic carbocycles. The van der Waals surface area contributed by atoms with Crippen LogP contribution in [-0.2, 0) is 11.1 Å². The number of aromatic nitrogens is 4. The standard InChI is InChI=1S/C16H18N6O2S/c1-11-19-15(21-8-6-17-7-9-21)14-16(20-11)22(10-18-14)12-2-4-13(5-3-12)25(23)24/h2-5,10,17H,6-9H2,1H3,(H,23,24)/p-1. The molecule has 0 aliphatic carbocycles. The van der Waals surface area contributed by atoms with Gasteiger partial charge < -0.3 is 14.8 Å². The normalized spacial score (nSPS) is 16.3. The number of piperazine rings is 1. The molecule has 0 saturated carbocycles. The van der Waals surface area contributed by atoms with E-state index in [1.165, 1.54) is 0 Å². The molecule has 0 bridgehead atoms. The SMILES string of the molecule is Cc1nc(N2CCNCC2)c2ncn(-c3ccc(S(=O)[O-])cc3)c2n1. The molecule has 1 fully saturated rings. The molecule has 1 aliphatic rings. The molecule has 3 heterocycles. The highest BCUT2D eigenvalue weighted by molar-refractivity contribution is 7.79. The monoisotopic (exact) mass is 357 g/mol. The Kier molecular flexibility index (Phi) is 4.20. The van der Waals surface area contributed by atoms with Crippen LogP contribution >= 0.6 is 0 Å². The molecule has 8 nitrogen and oxygen atoms in total. The first-order chi connectivity index (χ1) is 12.1. The fourth-order valence-electron chi connectivity index (χ4n) is 2.99. The Balaban J connectivity index is 1.80. The molecule has 1 aliphatic heterocycles. The van der Waals surface area contributed by atoms with Gasteiger partial charge in [-0.3, -0.25) is 8.78 Å². The number of benzene rings is 1. The quantitative estimate of drug-likeness (QED) is 0.691. The van der Waals surface area contributed by atoms with E-state index in [0.29, 0.717) is 5.82 Å². The number of nitrogens with zero attached hydrogens (tertiary/aromatic N) is 5. The molecule has 1 saturated heterocycles. The molecule has 2 aromatic heterocycles. The Bertz CT molecular complexity index is 934. The topological polar surface area (TPSA) is 99.0 Å². The van der Waals surface area contributed by atoms with E-state index in [0.717, 1.165) is 48.8 Å². The number of fused-ring (bicyclic) bond motifs is 1. The fraction of sp³-hybridized carbons (Fsp3) is 0.312. The lowest BCUT2D eigenvalue weighted by atomic mass is 10.3. The van der Waals surface area contributed by atoms with Crippen LogP contribution in [0.2, 0.25) is 0 Å². The lowest BCUT2D eigenvalue weighted by Gasteiger charge is -2.28. The molecule has 25 heavy (non-hydrogen) atoms. The highest BCUT2D eigenvalue weighted by Gasteiger charge is 2.19. The van der Waals surface area contributed by atoms with Crippen LogP contribution in [0.3, 0.4) is 0 Å². The Morgan fingerprint density at radius 1 is 1.16 bits per heavy atom. The number of hydrogen-bond donors (Lipinski definition) is 1. The first-order valence-electron chi connectivity index (χ1n) is 8.00. The van der Waals surface area contributed by atoms with Crippen molar-refractivity contribution in [1.29, 1.82) is 0 Å². The second kappa shape index (κ2) is 6.51. The molecule has 1 unspecified atom stereocenters. The second-order valence-electron chi connectivity index (χ2n) is 5.85. The van der Waals surface area contributed by atoms with E-state index in [1.54, 1.807) is 30.6 Å². The van der Waals surface area contributed by atoms with Crippen LogP contribution in [0.15, 0.2) is 35.5 Å². The Hall–Kier alpha value is -2.36. The molecular weight excluding hydrogens is 340 g/mol. The summed E-state index contributed by atoms with van der Waals surface area (Å²) in [5, 5.41) is 3.33. The van der Waals surface area contributed by atoms with Crippen molar-refractivity contribution in [2.24, 2.45) is 0 Å². The van der Waals surface area contributed by atoms with Crippen LogP contribution in [-0.4, -0.2) is 54.5 Å². The van der Waals surface area contributed by atoms with Gasteiger partial charge in [-0.2, -0.15) is 0 Å². The largest absolute Gasteiger partial charge is 0.768 e. The maximum Gasteiger partial charge on any atom is 0.170 e. The fourth-order valence-corrected chi connectivity index (χ4v) is 3.35. The van der Waals surface area contributed by atoms with Crippen molar-refractivity contribution >= 4 is 28.1 Å². The third-order valence-corrected chi connectivity index (χ3v) is 4.87. The summed E-state index contributed by atoms with van der Waals surface area (Å²) in [6.45, 7) is 5.45. The molecule has 3 aromatic rings. The van der Waals surface area contributed by atoms with Gasteiger partial charge in [0.15, 0.2) is 17.0 Å². The average Bonchev–Trinajstić information content (AvgIpc) is 3.05. The zero-order valence-corrected chi connectivity index (χ0v) is 14.5. The summed E-state index contributed by atoms with van der Waals surface area (Å²) in [7, 11) is 0. The lowest BCUT2D eigenvalue weighted by Crippen LogP contribution is -2.44. The first kappa shape index (κ1) is 16.1. The van der Waals surface area contributed by atoms with Gasteiger partial charge in [0.25, 0.3) is 0 Å². The van der Waals surface area contributed by atoms with Gasteiger partial charge in [0.05, 0.1) is 0 Å². The van der Waals surface area contributed by atoms with E-state index >= 15 is 0 Å². The number of imidazole rings is 1. The second-order valence-corrected chi connectivity index (χ2v) is 6.79. The molecule has 130 valence electrons. The molecule has 1 N–H and O–H groups in total. The van der Waals surface area contributed by atoms with Gasteiger partial charge in [-0.15, -0.1) is 0 Å². The molecule has 9 heteroatoms. The predicted octanol–water partition coefficient (Wildman–Crippen LogP) is 0.772. The summed E-state index contributed by atoms with van der Waals surface area (Å²) in [5.41, 5.74) is 2.28. The van der Waals surface area contributed by atoms with Gasteiger partial charge in [-0.05, 0) is 42.3 Å².